The van der Waals surface area contributed by atoms with Crippen LogP contribution in [-0.2, 0) is 6.54 Å². The summed E-state index contributed by atoms with van der Waals surface area (Å²) in [6.07, 6.45) is 4.67. The first-order valence-corrected chi connectivity index (χ1v) is 6.64. The van der Waals surface area contributed by atoms with Crippen molar-refractivity contribution in [3.63, 3.8) is 0 Å². The third-order valence-electron chi connectivity index (χ3n) is 3.52. The van der Waals surface area contributed by atoms with Gasteiger partial charge in [0, 0.05) is 30.7 Å². The number of likely N-dealkylation sites (tertiary alicyclic amines) is 1. The lowest BCUT2D eigenvalue weighted by molar-refractivity contribution is 0.312. The number of thiazole rings is 1. The first kappa shape index (κ1) is 9.75. The molecule has 15 heavy (non-hydrogen) atoms. The van der Waals surface area contributed by atoms with E-state index in [0.29, 0.717) is 0 Å². The molecule has 1 aromatic heterocycles. The molecule has 1 N–H and O–H groups in total. The lowest BCUT2D eigenvalue weighted by Gasteiger charge is -2.24. The van der Waals surface area contributed by atoms with Crippen LogP contribution >= 0.6 is 11.3 Å². The molecular formula is C11H17N3S. The molecule has 4 heteroatoms. The van der Waals surface area contributed by atoms with E-state index in [1.165, 1.54) is 37.5 Å². The molecule has 2 atom stereocenters. The standard InChI is InChI=1S/C11H17N3S/c1-2-9-6-14(7-10(9)12-3-1)8-11-13-4-5-15-11/h4-5,9-10,12H,1-3,6-8H2. The van der Waals surface area contributed by atoms with Gasteiger partial charge in [-0.15, -0.1) is 11.3 Å². The second-order valence-corrected chi connectivity index (χ2v) is 5.56. The summed E-state index contributed by atoms with van der Waals surface area (Å²) in [5.74, 6) is 0.888. The third-order valence-corrected chi connectivity index (χ3v) is 4.28. The summed E-state index contributed by atoms with van der Waals surface area (Å²) in [5, 5.41) is 6.96. The van der Waals surface area contributed by atoms with Crippen LogP contribution in [0.4, 0.5) is 0 Å². The summed E-state index contributed by atoms with van der Waals surface area (Å²) in [4.78, 5) is 6.90. The summed E-state index contributed by atoms with van der Waals surface area (Å²) < 4.78 is 0. The zero-order valence-electron chi connectivity index (χ0n) is 8.85. The highest BCUT2D eigenvalue weighted by molar-refractivity contribution is 7.09. The number of nitrogens with one attached hydrogen (secondary N) is 1. The molecule has 0 aromatic carbocycles. The van der Waals surface area contributed by atoms with E-state index >= 15 is 0 Å². The summed E-state index contributed by atoms with van der Waals surface area (Å²) in [5.41, 5.74) is 0. The molecular weight excluding hydrogens is 206 g/mol. The Morgan fingerprint density at radius 3 is 3.33 bits per heavy atom. The molecule has 2 fully saturated rings. The average molecular weight is 223 g/mol. The number of fused-ring (bicyclic) bond motifs is 1. The van der Waals surface area contributed by atoms with Gasteiger partial charge in [0.05, 0.1) is 6.54 Å². The van der Waals surface area contributed by atoms with Crippen molar-refractivity contribution < 1.29 is 0 Å². The van der Waals surface area contributed by atoms with Gasteiger partial charge < -0.3 is 5.32 Å². The zero-order valence-corrected chi connectivity index (χ0v) is 9.67. The molecule has 2 aliphatic rings. The van der Waals surface area contributed by atoms with Crippen LogP contribution in [0.15, 0.2) is 11.6 Å². The lowest BCUT2D eigenvalue weighted by atomic mass is 9.94. The van der Waals surface area contributed by atoms with Gasteiger partial charge in [-0.25, -0.2) is 4.98 Å². The minimum atomic E-state index is 0.749. The van der Waals surface area contributed by atoms with Crippen LogP contribution < -0.4 is 5.32 Å². The number of aromatic nitrogens is 1. The first-order chi connectivity index (χ1) is 7.42. The number of nitrogens with zero attached hydrogens (tertiary/aromatic N) is 2. The van der Waals surface area contributed by atoms with Gasteiger partial charge >= 0.3 is 0 Å². The van der Waals surface area contributed by atoms with Crippen LogP contribution in [0.3, 0.4) is 0 Å². The maximum Gasteiger partial charge on any atom is 0.107 e. The van der Waals surface area contributed by atoms with E-state index in [9.17, 15) is 0 Å². The SMILES string of the molecule is c1csc(CN2CC3CCCNC3C2)n1. The number of hydrogen-bond donors (Lipinski definition) is 1. The highest BCUT2D eigenvalue weighted by atomic mass is 32.1. The van der Waals surface area contributed by atoms with Crippen molar-refractivity contribution in [3.05, 3.63) is 16.6 Å². The fourth-order valence-electron chi connectivity index (χ4n) is 2.79. The molecule has 0 radical (unpaired) electrons. The van der Waals surface area contributed by atoms with Crippen LogP contribution in [0.25, 0.3) is 0 Å². The van der Waals surface area contributed by atoms with Crippen molar-refractivity contribution in [2.24, 2.45) is 5.92 Å². The predicted molar refractivity (Wildman–Crippen MR) is 61.9 cm³/mol. The monoisotopic (exact) mass is 223 g/mol. The fourth-order valence-corrected chi connectivity index (χ4v) is 3.45. The van der Waals surface area contributed by atoms with Gasteiger partial charge in [0.15, 0.2) is 0 Å². The molecule has 82 valence electrons. The van der Waals surface area contributed by atoms with E-state index in [2.05, 4.69) is 20.6 Å². The van der Waals surface area contributed by atoms with E-state index in [1.54, 1.807) is 11.3 Å². The number of hydrogen-bond acceptors (Lipinski definition) is 4. The predicted octanol–water partition coefficient (Wildman–Crippen LogP) is 1.33. The minimum absolute atomic E-state index is 0.749. The van der Waals surface area contributed by atoms with Crippen LogP contribution in [-0.4, -0.2) is 35.6 Å². The topological polar surface area (TPSA) is 28.2 Å². The van der Waals surface area contributed by atoms with Crippen LogP contribution in [0, 0.1) is 5.92 Å². The maximum atomic E-state index is 4.35. The Balaban J connectivity index is 1.60. The van der Waals surface area contributed by atoms with Gasteiger partial charge in [0.1, 0.15) is 5.01 Å². The first-order valence-electron chi connectivity index (χ1n) is 5.76. The minimum Gasteiger partial charge on any atom is -0.312 e. The van der Waals surface area contributed by atoms with Crippen molar-refractivity contribution in [1.29, 1.82) is 0 Å². The second kappa shape index (κ2) is 4.20. The molecule has 0 aliphatic carbocycles. The largest absolute Gasteiger partial charge is 0.312 e. The van der Waals surface area contributed by atoms with Crippen LogP contribution in [0.5, 0.6) is 0 Å². The van der Waals surface area contributed by atoms with Gasteiger partial charge in [-0.05, 0) is 25.3 Å². The van der Waals surface area contributed by atoms with Gasteiger partial charge in [0.25, 0.3) is 0 Å². The Hall–Kier alpha value is -0.450. The van der Waals surface area contributed by atoms with Gasteiger partial charge in [-0.1, -0.05) is 0 Å². The Labute approximate surface area is 94.5 Å². The summed E-state index contributed by atoms with van der Waals surface area (Å²) >= 11 is 1.77. The normalized spacial score (nSPS) is 31.7. The molecule has 2 unspecified atom stereocenters. The molecule has 0 spiro atoms. The zero-order chi connectivity index (χ0) is 10.1. The summed E-state index contributed by atoms with van der Waals surface area (Å²) in [7, 11) is 0. The van der Waals surface area contributed by atoms with E-state index in [-0.39, 0.29) is 0 Å². The highest BCUT2D eigenvalue weighted by Gasteiger charge is 2.34. The Kier molecular flexibility index (Phi) is 2.73. The average Bonchev–Trinajstić information content (AvgIpc) is 2.86. The molecule has 3 rings (SSSR count). The van der Waals surface area contributed by atoms with Crippen molar-refractivity contribution >= 4 is 11.3 Å². The second-order valence-electron chi connectivity index (χ2n) is 4.58. The van der Waals surface area contributed by atoms with E-state index in [1.807, 2.05) is 6.20 Å². The van der Waals surface area contributed by atoms with Crippen molar-refractivity contribution in [2.75, 3.05) is 19.6 Å². The molecule has 1 aromatic rings. The molecule has 0 amide bonds. The van der Waals surface area contributed by atoms with Crippen LogP contribution in [0.1, 0.15) is 17.8 Å². The molecule has 0 saturated carbocycles. The Morgan fingerprint density at radius 1 is 1.53 bits per heavy atom. The van der Waals surface area contributed by atoms with Crippen LogP contribution in [0.2, 0.25) is 0 Å². The lowest BCUT2D eigenvalue weighted by Crippen LogP contribution is -2.40. The summed E-state index contributed by atoms with van der Waals surface area (Å²) in [6, 6.07) is 0.749. The molecule has 3 nitrogen and oxygen atoms in total. The van der Waals surface area contributed by atoms with Gasteiger partial charge in [-0.2, -0.15) is 0 Å². The Bertz CT molecular complexity index is 298. The van der Waals surface area contributed by atoms with E-state index in [4.69, 9.17) is 0 Å². The van der Waals surface area contributed by atoms with Gasteiger partial charge in [0.2, 0.25) is 0 Å². The van der Waals surface area contributed by atoms with Crippen molar-refractivity contribution in [2.45, 2.75) is 25.4 Å². The third kappa shape index (κ3) is 2.07. The molecule has 0 bridgehead atoms. The fraction of sp³-hybridized carbons (Fsp3) is 0.727. The van der Waals surface area contributed by atoms with Gasteiger partial charge in [-0.3, -0.25) is 4.90 Å². The quantitative estimate of drug-likeness (QED) is 0.820. The highest BCUT2D eigenvalue weighted by Crippen LogP contribution is 2.26. The molecule has 2 saturated heterocycles. The van der Waals surface area contributed by atoms with E-state index in [0.717, 1.165) is 18.5 Å². The Morgan fingerprint density at radius 2 is 2.53 bits per heavy atom. The molecule has 3 heterocycles. The number of rotatable bonds is 2. The van der Waals surface area contributed by atoms with E-state index < -0.39 is 0 Å². The number of piperidine rings is 1. The van der Waals surface area contributed by atoms with Crippen molar-refractivity contribution in [3.8, 4) is 0 Å². The maximum absolute atomic E-state index is 4.35. The smallest absolute Gasteiger partial charge is 0.107 e. The molecule has 2 aliphatic heterocycles. The van der Waals surface area contributed by atoms with Crippen molar-refractivity contribution in [1.82, 2.24) is 15.2 Å². The summed E-state index contributed by atoms with van der Waals surface area (Å²) in [6.45, 7) is 4.74.